The topological polar surface area (TPSA) is 92.4 Å². The van der Waals surface area contributed by atoms with Crippen LogP contribution in [0.5, 0.6) is 0 Å². The smallest absolute Gasteiger partial charge is 0.250 e. The first-order chi connectivity index (χ1) is 11.5. The highest BCUT2D eigenvalue weighted by Gasteiger charge is 2.34. The van der Waals surface area contributed by atoms with Gasteiger partial charge in [0.2, 0.25) is 11.0 Å². The number of hydrogen-bond donors (Lipinski definition) is 3. The third-order valence-electron chi connectivity index (χ3n) is 3.99. The summed E-state index contributed by atoms with van der Waals surface area (Å²) in [6.07, 6.45) is 0. The summed E-state index contributed by atoms with van der Waals surface area (Å²) in [6, 6.07) is 11.1. The fourth-order valence-corrected chi connectivity index (χ4v) is 3.74. The zero-order valence-electron chi connectivity index (χ0n) is 13.2. The second kappa shape index (κ2) is 6.67. The molecule has 3 rings (SSSR count). The lowest BCUT2D eigenvalue weighted by molar-refractivity contribution is -0.118. The summed E-state index contributed by atoms with van der Waals surface area (Å²) in [5.74, 6) is -0.182. The number of amides is 1. The summed E-state index contributed by atoms with van der Waals surface area (Å²) in [6.45, 7) is 1.36. The largest absolute Gasteiger partial charge is 0.399 e. The number of fused-ring (bicyclic) bond motifs is 3. The molecule has 1 atom stereocenters. The quantitative estimate of drug-likeness (QED) is 0.743. The van der Waals surface area contributed by atoms with Crippen molar-refractivity contribution in [1.82, 2.24) is 0 Å². The molecule has 1 unspecified atom stereocenters. The molecule has 5 nitrogen and oxygen atoms in total. The van der Waals surface area contributed by atoms with E-state index in [0.29, 0.717) is 17.1 Å². The number of nitrogen functional groups attached to an aromatic ring is 1. The summed E-state index contributed by atoms with van der Waals surface area (Å²) < 4.78 is 0. The van der Waals surface area contributed by atoms with E-state index in [1.807, 2.05) is 31.2 Å². The van der Waals surface area contributed by atoms with E-state index in [2.05, 4.69) is 5.32 Å². The van der Waals surface area contributed by atoms with Crippen molar-refractivity contribution in [3.8, 4) is 11.1 Å². The molecule has 0 fully saturated rings. The van der Waals surface area contributed by atoms with E-state index in [-0.39, 0.29) is 5.12 Å². The van der Waals surface area contributed by atoms with Crippen molar-refractivity contribution in [3.63, 3.8) is 0 Å². The van der Waals surface area contributed by atoms with Gasteiger partial charge >= 0.3 is 0 Å². The van der Waals surface area contributed by atoms with Crippen LogP contribution in [0.2, 0.25) is 0 Å². The van der Waals surface area contributed by atoms with Crippen LogP contribution in [0.1, 0.15) is 24.0 Å². The third kappa shape index (κ3) is 2.90. The molecule has 0 bridgehead atoms. The molecular formula is C18H18N2O3S. The van der Waals surface area contributed by atoms with Crippen LogP contribution in [0.25, 0.3) is 11.1 Å². The molecule has 1 amide bonds. The monoisotopic (exact) mass is 342 g/mol. The molecule has 0 aromatic heterocycles. The molecule has 0 spiro atoms. The van der Waals surface area contributed by atoms with Crippen molar-refractivity contribution in [2.45, 2.75) is 12.8 Å². The van der Waals surface area contributed by atoms with Gasteiger partial charge in [0.1, 0.15) is 6.61 Å². The van der Waals surface area contributed by atoms with Gasteiger partial charge in [-0.05, 0) is 52.3 Å². The number of nitrogens with two attached hydrogens (primary N) is 1. The van der Waals surface area contributed by atoms with Gasteiger partial charge in [0, 0.05) is 11.4 Å². The van der Waals surface area contributed by atoms with E-state index in [4.69, 9.17) is 10.8 Å². The van der Waals surface area contributed by atoms with Crippen LogP contribution in [-0.4, -0.2) is 28.5 Å². The van der Waals surface area contributed by atoms with Crippen molar-refractivity contribution in [2.75, 3.05) is 23.4 Å². The SMILES string of the molecule is CCSC(=O)C1c2cc(N)ccc2-c2ccc(NC(=O)CO)cc21. The van der Waals surface area contributed by atoms with Gasteiger partial charge in [-0.15, -0.1) is 0 Å². The van der Waals surface area contributed by atoms with Crippen molar-refractivity contribution >= 4 is 34.2 Å². The van der Waals surface area contributed by atoms with E-state index in [0.717, 1.165) is 22.3 Å². The molecule has 2 aromatic carbocycles. The van der Waals surface area contributed by atoms with Crippen molar-refractivity contribution < 1.29 is 14.7 Å². The lowest BCUT2D eigenvalue weighted by atomic mass is 9.98. The van der Waals surface area contributed by atoms with Crippen LogP contribution in [0.3, 0.4) is 0 Å². The lowest BCUT2D eigenvalue weighted by Crippen LogP contribution is -2.16. The predicted molar refractivity (Wildman–Crippen MR) is 97.0 cm³/mol. The average molecular weight is 342 g/mol. The zero-order chi connectivity index (χ0) is 17.3. The fraction of sp³-hybridized carbons (Fsp3) is 0.222. The van der Waals surface area contributed by atoms with Crippen LogP contribution in [-0.2, 0) is 9.59 Å². The van der Waals surface area contributed by atoms with Gasteiger partial charge in [-0.2, -0.15) is 0 Å². The van der Waals surface area contributed by atoms with Crippen LogP contribution in [0.4, 0.5) is 11.4 Å². The standard InChI is InChI=1S/C18H18N2O3S/c1-2-24-18(23)17-14-7-10(19)3-5-12(14)13-6-4-11(8-15(13)17)20-16(22)9-21/h3-8,17,21H,2,9,19H2,1H3,(H,20,22). The van der Waals surface area contributed by atoms with Crippen LogP contribution < -0.4 is 11.1 Å². The molecule has 2 aromatic rings. The van der Waals surface area contributed by atoms with Gasteiger partial charge in [0.25, 0.3) is 0 Å². The van der Waals surface area contributed by atoms with Crippen molar-refractivity contribution in [1.29, 1.82) is 0 Å². The molecule has 0 saturated heterocycles. The molecule has 24 heavy (non-hydrogen) atoms. The van der Waals surface area contributed by atoms with E-state index >= 15 is 0 Å². The van der Waals surface area contributed by atoms with Crippen LogP contribution in [0.15, 0.2) is 36.4 Å². The molecule has 1 aliphatic rings. The molecule has 124 valence electrons. The first-order valence-electron chi connectivity index (χ1n) is 7.66. The number of aliphatic hydroxyl groups is 1. The first kappa shape index (κ1) is 16.5. The second-order valence-electron chi connectivity index (χ2n) is 5.54. The molecule has 0 aliphatic heterocycles. The Balaban J connectivity index is 2.09. The Kier molecular flexibility index (Phi) is 4.59. The van der Waals surface area contributed by atoms with Gasteiger partial charge in [0.15, 0.2) is 0 Å². The molecule has 0 saturated carbocycles. The van der Waals surface area contributed by atoms with Gasteiger partial charge in [-0.3, -0.25) is 9.59 Å². The lowest BCUT2D eigenvalue weighted by Gasteiger charge is -2.13. The average Bonchev–Trinajstić information content (AvgIpc) is 2.87. The van der Waals surface area contributed by atoms with Gasteiger partial charge in [0.05, 0.1) is 5.92 Å². The summed E-state index contributed by atoms with van der Waals surface area (Å²) >= 11 is 1.28. The molecule has 6 heteroatoms. The molecule has 1 aliphatic carbocycles. The molecule has 4 N–H and O–H groups in total. The number of anilines is 2. The van der Waals surface area contributed by atoms with E-state index in [1.165, 1.54) is 11.8 Å². The summed E-state index contributed by atoms with van der Waals surface area (Å²) in [4.78, 5) is 24.1. The van der Waals surface area contributed by atoms with Gasteiger partial charge < -0.3 is 16.2 Å². The predicted octanol–water partition coefficient (Wildman–Crippen LogP) is 2.59. The highest BCUT2D eigenvalue weighted by Crippen LogP contribution is 2.48. The van der Waals surface area contributed by atoms with E-state index in [9.17, 15) is 9.59 Å². The minimum atomic E-state index is -0.581. The van der Waals surface area contributed by atoms with E-state index < -0.39 is 18.4 Å². The van der Waals surface area contributed by atoms with E-state index in [1.54, 1.807) is 12.1 Å². The maximum atomic E-state index is 12.7. The summed E-state index contributed by atoms with van der Waals surface area (Å²) in [5.41, 5.74) is 10.8. The highest BCUT2D eigenvalue weighted by molar-refractivity contribution is 8.13. The number of hydrogen-bond acceptors (Lipinski definition) is 5. The Labute approximate surface area is 144 Å². The van der Waals surface area contributed by atoms with Crippen LogP contribution in [0, 0.1) is 0 Å². The van der Waals surface area contributed by atoms with Crippen LogP contribution >= 0.6 is 11.8 Å². The number of carbonyl (C=O) groups excluding carboxylic acids is 2. The number of nitrogens with one attached hydrogen (secondary N) is 1. The molecular weight excluding hydrogens is 324 g/mol. The summed E-state index contributed by atoms with van der Waals surface area (Å²) in [5, 5.41) is 11.6. The minimum absolute atomic E-state index is 0.0636. The minimum Gasteiger partial charge on any atom is -0.399 e. The Morgan fingerprint density at radius 2 is 1.83 bits per heavy atom. The molecule has 0 heterocycles. The van der Waals surface area contributed by atoms with Crippen molar-refractivity contribution in [2.24, 2.45) is 0 Å². The molecule has 0 radical (unpaired) electrons. The summed E-state index contributed by atoms with van der Waals surface area (Å²) in [7, 11) is 0. The number of aliphatic hydroxyl groups excluding tert-OH is 1. The van der Waals surface area contributed by atoms with Crippen molar-refractivity contribution in [3.05, 3.63) is 47.5 Å². The Morgan fingerprint density at radius 3 is 2.50 bits per heavy atom. The number of carbonyl (C=O) groups is 2. The maximum absolute atomic E-state index is 12.7. The van der Waals surface area contributed by atoms with Gasteiger partial charge in [-0.1, -0.05) is 30.8 Å². The Bertz CT molecular complexity index is 820. The fourth-order valence-electron chi connectivity index (χ4n) is 3.04. The van der Waals surface area contributed by atoms with Gasteiger partial charge in [-0.25, -0.2) is 0 Å². The number of benzene rings is 2. The number of thioether (sulfide) groups is 1. The normalized spacial score (nSPS) is 14.8. The highest BCUT2D eigenvalue weighted by atomic mass is 32.2. The maximum Gasteiger partial charge on any atom is 0.250 e. The Morgan fingerprint density at radius 1 is 1.17 bits per heavy atom. The third-order valence-corrected chi connectivity index (χ3v) is 4.80. The second-order valence-corrected chi connectivity index (χ2v) is 6.81. The Hall–Kier alpha value is -2.31. The number of rotatable bonds is 4. The first-order valence-corrected chi connectivity index (χ1v) is 8.64. The zero-order valence-corrected chi connectivity index (χ0v) is 14.0.